The van der Waals surface area contributed by atoms with Crippen LogP contribution in [0, 0.1) is 5.92 Å². The molecule has 2 N–H and O–H groups in total. The van der Waals surface area contributed by atoms with Gasteiger partial charge in [0.15, 0.2) is 0 Å². The van der Waals surface area contributed by atoms with Crippen LogP contribution in [0.15, 0.2) is 24.5 Å². The highest BCUT2D eigenvalue weighted by Gasteiger charge is 2.26. The Morgan fingerprint density at radius 1 is 1.35 bits per heavy atom. The molecule has 1 fully saturated rings. The van der Waals surface area contributed by atoms with Crippen molar-refractivity contribution in [3.05, 3.63) is 41.5 Å². The molecule has 7 nitrogen and oxygen atoms in total. The highest BCUT2D eigenvalue weighted by molar-refractivity contribution is 5.93. The Bertz CT molecular complexity index is 782. The van der Waals surface area contributed by atoms with E-state index in [1.807, 2.05) is 23.2 Å². The van der Waals surface area contributed by atoms with Crippen LogP contribution in [0.3, 0.4) is 0 Å². The average molecular weight is 355 g/mol. The minimum atomic E-state index is -0.211. The first-order valence-electron chi connectivity index (χ1n) is 9.29. The number of aromatic amines is 1. The van der Waals surface area contributed by atoms with Gasteiger partial charge in [0.2, 0.25) is 0 Å². The Balaban J connectivity index is 1.54. The first-order chi connectivity index (χ1) is 12.6. The summed E-state index contributed by atoms with van der Waals surface area (Å²) >= 11 is 0. The summed E-state index contributed by atoms with van der Waals surface area (Å²) < 4.78 is 0. The maximum absolute atomic E-state index is 13.1. The second kappa shape index (κ2) is 7.07. The van der Waals surface area contributed by atoms with Crippen LogP contribution in [0.25, 0.3) is 0 Å². The van der Waals surface area contributed by atoms with Gasteiger partial charge in [-0.15, -0.1) is 0 Å². The van der Waals surface area contributed by atoms with Gasteiger partial charge in [0.1, 0.15) is 5.69 Å². The van der Waals surface area contributed by atoms with E-state index in [2.05, 4.69) is 27.0 Å². The van der Waals surface area contributed by atoms with Gasteiger partial charge in [-0.3, -0.25) is 14.9 Å². The number of nitrogens with one attached hydrogen (secondary N) is 1. The van der Waals surface area contributed by atoms with Crippen molar-refractivity contribution in [2.45, 2.75) is 38.8 Å². The molecule has 2 aromatic rings. The number of hydrogen-bond donors (Lipinski definition) is 2. The molecule has 1 unspecified atom stereocenters. The van der Waals surface area contributed by atoms with Crippen molar-refractivity contribution in [3.8, 4) is 0 Å². The third kappa shape index (κ3) is 3.44. The molecule has 2 aliphatic heterocycles. The van der Waals surface area contributed by atoms with Crippen LogP contribution in [0.1, 0.15) is 41.5 Å². The molecule has 0 spiro atoms. The maximum atomic E-state index is 13.1. The molecule has 7 heteroatoms. The van der Waals surface area contributed by atoms with Gasteiger partial charge in [-0.05, 0) is 37.3 Å². The Kier molecular flexibility index (Phi) is 4.63. The fourth-order valence-electron chi connectivity index (χ4n) is 3.88. The molecule has 4 rings (SSSR count). The number of nitrogens with zero attached hydrogens (tertiary/aromatic N) is 4. The van der Waals surface area contributed by atoms with E-state index >= 15 is 0 Å². The molecule has 2 aliphatic rings. The zero-order valence-electron chi connectivity index (χ0n) is 15.1. The van der Waals surface area contributed by atoms with E-state index < -0.39 is 0 Å². The van der Waals surface area contributed by atoms with Gasteiger partial charge in [0.05, 0.1) is 12.3 Å². The van der Waals surface area contributed by atoms with E-state index in [9.17, 15) is 9.90 Å². The number of aliphatic hydroxyl groups is 1. The van der Waals surface area contributed by atoms with E-state index in [1.165, 1.54) is 0 Å². The zero-order valence-corrected chi connectivity index (χ0v) is 15.1. The van der Waals surface area contributed by atoms with Crippen molar-refractivity contribution in [2.24, 2.45) is 5.92 Å². The molecule has 4 heterocycles. The van der Waals surface area contributed by atoms with Crippen LogP contribution in [-0.2, 0) is 13.0 Å². The molecule has 2 aromatic heterocycles. The predicted octanol–water partition coefficient (Wildman–Crippen LogP) is 1.60. The number of anilines is 1. The largest absolute Gasteiger partial charge is 0.393 e. The van der Waals surface area contributed by atoms with Crippen molar-refractivity contribution in [1.82, 2.24) is 20.1 Å². The second-order valence-electron chi connectivity index (χ2n) is 7.49. The number of piperidine rings is 1. The molecule has 1 amide bonds. The van der Waals surface area contributed by atoms with Crippen LogP contribution in [0.5, 0.6) is 0 Å². The molecule has 0 aromatic carbocycles. The summed E-state index contributed by atoms with van der Waals surface area (Å²) in [5, 5.41) is 16.9. The summed E-state index contributed by atoms with van der Waals surface area (Å²) in [6.45, 7) is 5.04. The number of amides is 1. The number of rotatable bonds is 2. The van der Waals surface area contributed by atoms with E-state index in [-0.39, 0.29) is 12.0 Å². The summed E-state index contributed by atoms with van der Waals surface area (Å²) in [6, 6.07) is 3.82. The number of aliphatic hydroxyl groups excluding tert-OH is 1. The summed E-state index contributed by atoms with van der Waals surface area (Å²) in [5.41, 5.74) is 3.69. The van der Waals surface area contributed by atoms with Crippen molar-refractivity contribution >= 4 is 11.6 Å². The highest BCUT2D eigenvalue weighted by Crippen LogP contribution is 2.24. The minimum absolute atomic E-state index is 0.0372. The number of pyridine rings is 1. The number of carbonyl (C=O) groups excluding carboxylic acids is 1. The molecule has 1 atom stereocenters. The smallest absolute Gasteiger partial charge is 0.272 e. The average Bonchev–Trinajstić information content (AvgIpc) is 3.01. The molecule has 1 saturated heterocycles. The van der Waals surface area contributed by atoms with Gasteiger partial charge < -0.3 is 14.9 Å². The van der Waals surface area contributed by atoms with E-state index in [0.717, 1.165) is 49.3 Å². The van der Waals surface area contributed by atoms with Crippen molar-refractivity contribution in [1.29, 1.82) is 0 Å². The summed E-state index contributed by atoms with van der Waals surface area (Å²) in [4.78, 5) is 21.5. The summed E-state index contributed by atoms with van der Waals surface area (Å²) in [6.07, 6.45) is 5.74. The molecule has 0 saturated carbocycles. The lowest BCUT2D eigenvalue weighted by Gasteiger charge is -2.31. The Morgan fingerprint density at radius 2 is 2.15 bits per heavy atom. The number of fused-ring (bicyclic) bond motifs is 1. The first-order valence-corrected chi connectivity index (χ1v) is 9.29. The van der Waals surface area contributed by atoms with Gasteiger partial charge in [0, 0.05) is 49.3 Å². The Morgan fingerprint density at radius 3 is 2.96 bits per heavy atom. The molecular weight excluding hydrogens is 330 g/mol. The predicted molar refractivity (Wildman–Crippen MR) is 97.9 cm³/mol. The molecule has 138 valence electrons. The van der Waals surface area contributed by atoms with E-state index in [1.54, 1.807) is 6.20 Å². The van der Waals surface area contributed by atoms with Gasteiger partial charge in [-0.1, -0.05) is 6.92 Å². The molecule has 26 heavy (non-hydrogen) atoms. The fraction of sp³-hybridized carbons (Fsp3) is 0.526. The van der Waals surface area contributed by atoms with Crippen LogP contribution in [0.4, 0.5) is 5.69 Å². The topological polar surface area (TPSA) is 85.4 Å². The Labute approximate surface area is 153 Å². The number of hydrogen-bond acceptors (Lipinski definition) is 5. The van der Waals surface area contributed by atoms with Gasteiger partial charge in [-0.25, -0.2) is 0 Å². The van der Waals surface area contributed by atoms with Crippen molar-refractivity contribution < 1.29 is 9.90 Å². The molecule has 0 aliphatic carbocycles. The van der Waals surface area contributed by atoms with E-state index in [4.69, 9.17) is 0 Å². The van der Waals surface area contributed by atoms with Crippen LogP contribution < -0.4 is 4.90 Å². The third-order valence-electron chi connectivity index (χ3n) is 5.33. The lowest BCUT2D eigenvalue weighted by atomic mass is 10.1. The van der Waals surface area contributed by atoms with Crippen LogP contribution >= 0.6 is 0 Å². The SMILES string of the molecule is CC1Cc2[nH]ncc2CN(C(=O)c2cc(N3CCC(O)CC3)ccn2)C1. The third-order valence-corrected chi connectivity index (χ3v) is 5.33. The first kappa shape index (κ1) is 17.0. The Hall–Kier alpha value is -2.41. The van der Waals surface area contributed by atoms with Gasteiger partial charge >= 0.3 is 0 Å². The van der Waals surface area contributed by atoms with Crippen LogP contribution in [-0.4, -0.2) is 56.8 Å². The lowest BCUT2D eigenvalue weighted by molar-refractivity contribution is 0.0719. The monoisotopic (exact) mass is 355 g/mol. The normalized spacial score (nSPS) is 21.4. The quantitative estimate of drug-likeness (QED) is 0.855. The maximum Gasteiger partial charge on any atom is 0.272 e. The van der Waals surface area contributed by atoms with Gasteiger partial charge in [0.25, 0.3) is 5.91 Å². The highest BCUT2D eigenvalue weighted by atomic mass is 16.3. The lowest BCUT2D eigenvalue weighted by Crippen LogP contribution is -2.36. The summed E-state index contributed by atoms with van der Waals surface area (Å²) in [5.74, 6) is 0.331. The molecule has 0 radical (unpaired) electrons. The molecule has 0 bridgehead atoms. The number of aromatic nitrogens is 3. The standard InChI is InChI=1S/C19H25N5O2/c1-13-8-17-14(10-21-22-17)12-24(11-13)19(26)18-9-15(2-5-20-18)23-6-3-16(25)4-7-23/h2,5,9-10,13,16,25H,3-4,6-8,11-12H2,1H3,(H,21,22). The fourth-order valence-corrected chi connectivity index (χ4v) is 3.88. The summed E-state index contributed by atoms with van der Waals surface area (Å²) in [7, 11) is 0. The van der Waals surface area contributed by atoms with Crippen LogP contribution in [0.2, 0.25) is 0 Å². The van der Waals surface area contributed by atoms with Crippen molar-refractivity contribution in [2.75, 3.05) is 24.5 Å². The number of carbonyl (C=O) groups is 1. The minimum Gasteiger partial charge on any atom is -0.393 e. The zero-order chi connectivity index (χ0) is 18.1. The molecular formula is C19H25N5O2. The second-order valence-corrected chi connectivity index (χ2v) is 7.49. The number of H-pyrrole nitrogens is 1. The van der Waals surface area contributed by atoms with E-state index in [0.29, 0.717) is 24.7 Å². The van der Waals surface area contributed by atoms with Crippen molar-refractivity contribution in [3.63, 3.8) is 0 Å². The van der Waals surface area contributed by atoms with Gasteiger partial charge in [-0.2, -0.15) is 5.10 Å².